The molecule has 1 aromatic rings. The van der Waals surface area contributed by atoms with E-state index in [9.17, 15) is 0 Å². The lowest BCUT2D eigenvalue weighted by atomic mass is 10.1. The van der Waals surface area contributed by atoms with Crippen LogP contribution in [0.1, 0.15) is 11.1 Å². The summed E-state index contributed by atoms with van der Waals surface area (Å²) in [6, 6.07) is 8.53. The predicted octanol–water partition coefficient (Wildman–Crippen LogP) is 1.10. The van der Waals surface area contributed by atoms with E-state index < -0.39 is 0 Å². The predicted molar refractivity (Wildman–Crippen MR) is 70.7 cm³/mol. The summed E-state index contributed by atoms with van der Waals surface area (Å²) in [5, 5.41) is 12.1. The van der Waals surface area contributed by atoms with E-state index in [1.54, 1.807) is 6.08 Å². The molecule has 3 heteroatoms. The molecule has 0 amide bonds. The Labute approximate surface area is 103 Å². The molecule has 1 fully saturated rings. The first kappa shape index (κ1) is 12.3. The molecule has 2 rings (SSSR count). The van der Waals surface area contributed by atoms with Crippen LogP contribution in [0.2, 0.25) is 0 Å². The Hall–Kier alpha value is -1.16. The van der Waals surface area contributed by atoms with Crippen LogP contribution in [-0.2, 0) is 6.54 Å². The lowest BCUT2D eigenvalue weighted by Gasteiger charge is -2.27. The highest BCUT2D eigenvalue weighted by molar-refractivity contribution is 5.49. The van der Waals surface area contributed by atoms with Gasteiger partial charge < -0.3 is 10.4 Å². The largest absolute Gasteiger partial charge is 0.392 e. The molecule has 1 heterocycles. The highest BCUT2D eigenvalue weighted by Crippen LogP contribution is 2.09. The molecule has 1 aliphatic heterocycles. The molecule has 0 aliphatic carbocycles. The van der Waals surface area contributed by atoms with Crippen LogP contribution in [0.15, 0.2) is 30.3 Å². The van der Waals surface area contributed by atoms with E-state index in [-0.39, 0.29) is 6.61 Å². The quantitative estimate of drug-likeness (QED) is 0.816. The topological polar surface area (TPSA) is 35.5 Å². The van der Waals surface area contributed by atoms with Gasteiger partial charge in [-0.05, 0) is 11.1 Å². The summed E-state index contributed by atoms with van der Waals surface area (Å²) < 4.78 is 0. The van der Waals surface area contributed by atoms with E-state index in [4.69, 9.17) is 5.11 Å². The Balaban J connectivity index is 1.90. The average Bonchev–Trinajstić information content (AvgIpc) is 2.39. The zero-order chi connectivity index (χ0) is 11.9. The van der Waals surface area contributed by atoms with Crippen molar-refractivity contribution in [2.45, 2.75) is 6.54 Å². The molecule has 92 valence electrons. The Kier molecular flexibility index (Phi) is 4.74. The average molecular weight is 232 g/mol. The Morgan fingerprint density at radius 1 is 1.18 bits per heavy atom. The van der Waals surface area contributed by atoms with Gasteiger partial charge in [-0.25, -0.2) is 0 Å². The maximum absolute atomic E-state index is 8.70. The van der Waals surface area contributed by atoms with E-state index in [0.29, 0.717) is 0 Å². The first-order valence-corrected chi connectivity index (χ1v) is 6.18. The van der Waals surface area contributed by atoms with Gasteiger partial charge in [-0.15, -0.1) is 0 Å². The van der Waals surface area contributed by atoms with E-state index in [1.807, 2.05) is 6.08 Å². The molecule has 3 nitrogen and oxygen atoms in total. The van der Waals surface area contributed by atoms with Gasteiger partial charge in [0, 0.05) is 32.7 Å². The van der Waals surface area contributed by atoms with E-state index >= 15 is 0 Å². The summed E-state index contributed by atoms with van der Waals surface area (Å²) >= 11 is 0. The number of aliphatic hydroxyl groups is 1. The number of nitrogens with zero attached hydrogens (tertiary/aromatic N) is 1. The van der Waals surface area contributed by atoms with Crippen LogP contribution in [0.3, 0.4) is 0 Å². The monoisotopic (exact) mass is 232 g/mol. The molecule has 17 heavy (non-hydrogen) atoms. The summed E-state index contributed by atoms with van der Waals surface area (Å²) in [5.41, 5.74) is 2.50. The first-order valence-electron chi connectivity index (χ1n) is 6.18. The fourth-order valence-corrected chi connectivity index (χ4v) is 2.05. The number of hydrogen-bond donors (Lipinski definition) is 2. The molecule has 1 aromatic carbocycles. The molecule has 0 unspecified atom stereocenters. The van der Waals surface area contributed by atoms with Crippen LogP contribution in [0.4, 0.5) is 0 Å². The van der Waals surface area contributed by atoms with Crippen molar-refractivity contribution >= 4 is 6.08 Å². The molecule has 1 aliphatic rings. The second kappa shape index (κ2) is 6.55. The summed E-state index contributed by atoms with van der Waals surface area (Å²) in [4.78, 5) is 2.47. The second-order valence-electron chi connectivity index (χ2n) is 4.35. The van der Waals surface area contributed by atoms with Gasteiger partial charge in [0.1, 0.15) is 0 Å². The lowest BCUT2D eigenvalue weighted by Crippen LogP contribution is -2.42. The number of piperazine rings is 1. The zero-order valence-electron chi connectivity index (χ0n) is 10.1. The van der Waals surface area contributed by atoms with Crippen LogP contribution < -0.4 is 5.32 Å². The maximum atomic E-state index is 8.70. The highest BCUT2D eigenvalue weighted by atomic mass is 16.2. The van der Waals surface area contributed by atoms with Gasteiger partial charge >= 0.3 is 0 Å². The summed E-state index contributed by atoms with van der Waals surface area (Å²) in [5.74, 6) is 0. The van der Waals surface area contributed by atoms with Crippen LogP contribution in [0, 0.1) is 0 Å². The number of rotatable bonds is 4. The fourth-order valence-electron chi connectivity index (χ4n) is 2.05. The lowest BCUT2D eigenvalue weighted by molar-refractivity contribution is 0.233. The normalized spacial score (nSPS) is 17.7. The molecule has 0 spiro atoms. The molecule has 0 atom stereocenters. The van der Waals surface area contributed by atoms with Crippen LogP contribution in [0.25, 0.3) is 6.08 Å². The standard InChI is InChI=1S/C14H20N2O/c17-11-1-2-13-3-5-14(6-4-13)12-16-9-7-15-8-10-16/h1-6,15,17H,7-12H2/b2-1+. The van der Waals surface area contributed by atoms with Gasteiger partial charge in [-0.1, -0.05) is 36.4 Å². The minimum absolute atomic E-state index is 0.0997. The van der Waals surface area contributed by atoms with Crippen molar-refractivity contribution in [2.75, 3.05) is 32.8 Å². The molecular formula is C14H20N2O. The van der Waals surface area contributed by atoms with Gasteiger partial charge in [-0.3, -0.25) is 4.90 Å². The highest BCUT2D eigenvalue weighted by Gasteiger charge is 2.09. The van der Waals surface area contributed by atoms with Crippen LogP contribution >= 0.6 is 0 Å². The number of benzene rings is 1. The van der Waals surface area contributed by atoms with Crippen molar-refractivity contribution in [1.82, 2.24) is 10.2 Å². The van der Waals surface area contributed by atoms with Crippen molar-refractivity contribution in [3.8, 4) is 0 Å². The molecule has 0 saturated carbocycles. The summed E-state index contributed by atoms with van der Waals surface area (Å²) in [6.07, 6.45) is 3.69. The van der Waals surface area contributed by atoms with Gasteiger partial charge in [0.15, 0.2) is 0 Å². The second-order valence-corrected chi connectivity index (χ2v) is 4.35. The van der Waals surface area contributed by atoms with Crippen molar-refractivity contribution in [3.05, 3.63) is 41.5 Å². The third-order valence-electron chi connectivity index (χ3n) is 3.01. The minimum atomic E-state index is 0.0997. The van der Waals surface area contributed by atoms with Gasteiger partial charge in [0.05, 0.1) is 6.61 Å². The Bertz CT molecular complexity index is 353. The SMILES string of the molecule is OC/C=C/c1ccc(CN2CCNCC2)cc1. The third kappa shape index (κ3) is 3.97. The maximum Gasteiger partial charge on any atom is 0.0615 e. The molecule has 1 saturated heterocycles. The van der Waals surface area contributed by atoms with Crippen molar-refractivity contribution in [2.24, 2.45) is 0 Å². The number of nitrogens with one attached hydrogen (secondary N) is 1. The smallest absolute Gasteiger partial charge is 0.0615 e. The number of aliphatic hydroxyl groups excluding tert-OH is 1. The van der Waals surface area contributed by atoms with Gasteiger partial charge in [0.25, 0.3) is 0 Å². The zero-order valence-corrected chi connectivity index (χ0v) is 10.1. The minimum Gasteiger partial charge on any atom is -0.392 e. The van der Waals surface area contributed by atoms with Gasteiger partial charge in [-0.2, -0.15) is 0 Å². The molecular weight excluding hydrogens is 212 g/mol. The molecule has 0 aromatic heterocycles. The first-order chi connectivity index (χ1) is 8.38. The fraction of sp³-hybridized carbons (Fsp3) is 0.429. The third-order valence-corrected chi connectivity index (χ3v) is 3.01. The Morgan fingerprint density at radius 3 is 2.53 bits per heavy atom. The van der Waals surface area contributed by atoms with Crippen LogP contribution in [-0.4, -0.2) is 42.8 Å². The van der Waals surface area contributed by atoms with Crippen molar-refractivity contribution in [3.63, 3.8) is 0 Å². The van der Waals surface area contributed by atoms with Crippen LogP contribution in [0.5, 0.6) is 0 Å². The van der Waals surface area contributed by atoms with E-state index in [0.717, 1.165) is 38.3 Å². The summed E-state index contributed by atoms with van der Waals surface area (Å²) in [7, 11) is 0. The van der Waals surface area contributed by atoms with E-state index in [1.165, 1.54) is 5.56 Å². The number of hydrogen-bond acceptors (Lipinski definition) is 3. The molecule has 2 N–H and O–H groups in total. The van der Waals surface area contributed by atoms with Gasteiger partial charge in [0.2, 0.25) is 0 Å². The van der Waals surface area contributed by atoms with E-state index in [2.05, 4.69) is 34.5 Å². The molecule has 0 radical (unpaired) electrons. The molecule has 0 bridgehead atoms. The van der Waals surface area contributed by atoms with Crippen molar-refractivity contribution < 1.29 is 5.11 Å². The Morgan fingerprint density at radius 2 is 1.88 bits per heavy atom. The van der Waals surface area contributed by atoms with Crippen molar-refractivity contribution in [1.29, 1.82) is 0 Å². The summed E-state index contributed by atoms with van der Waals surface area (Å²) in [6.45, 7) is 5.58.